The molecule has 0 spiro atoms. The van der Waals surface area contributed by atoms with Gasteiger partial charge in [0.05, 0.1) is 12.8 Å². The molecule has 0 bridgehead atoms. The maximum Gasteiger partial charge on any atom is 0.360 e. The predicted molar refractivity (Wildman–Crippen MR) is 98.5 cm³/mol. The number of carbonyl (C=O) groups is 1. The lowest BCUT2D eigenvalue weighted by molar-refractivity contribution is 0.261. The van der Waals surface area contributed by atoms with Crippen molar-refractivity contribution >= 4 is 34.8 Å². The number of aliphatic hydroxyl groups is 1. The van der Waals surface area contributed by atoms with Crippen LogP contribution >= 0.6 is 11.6 Å². The Morgan fingerprint density at radius 1 is 1.24 bits per heavy atom. The third kappa shape index (κ3) is 5.66. The molecular weight excluding hydrogens is 344 g/mol. The highest BCUT2D eigenvalue weighted by molar-refractivity contribution is 6.30. The average molecular weight is 363 g/mol. The Hall–Kier alpha value is -2.77. The van der Waals surface area contributed by atoms with E-state index in [9.17, 15) is 4.79 Å². The number of nitrogens with zero attached hydrogens (tertiary/aromatic N) is 1. The van der Waals surface area contributed by atoms with Crippen LogP contribution in [0.25, 0.3) is 0 Å². The number of hydrogen-bond acceptors (Lipinski definition) is 4. The number of hydrogen-bond donors (Lipinski definition) is 4. The molecule has 1 aliphatic heterocycles. The summed E-state index contributed by atoms with van der Waals surface area (Å²) >= 11 is 5.65. The molecule has 1 atom stereocenters. The van der Waals surface area contributed by atoms with E-state index in [-0.39, 0.29) is 11.9 Å². The summed E-state index contributed by atoms with van der Waals surface area (Å²) in [7, 11) is 1.60. The number of aliphatic hydroxyl groups excluding tert-OH is 1. The second kappa shape index (κ2) is 8.36. The van der Waals surface area contributed by atoms with Gasteiger partial charge >= 0.3 is 6.03 Å². The monoisotopic (exact) mass is 362 g/mol. The highest BCUT2D eigenvalue weighted by Crippen LogP contribution is 2.20. The van der Waals surface area contributed by atoms with Crippen molar-refractivity contribution in [1.29, 1.82) is 5.41 Å². The molecule has 132 valence electrons. The molecule has 4 N–H and O–H groups in total. The molecule has 1 unspecified atom stereocenters. The number of rotatable bonds is 4. The first-order chi connectivity index (χ1) is 11.9. The minimum Gasteiger partial charge on any atom is -0.497 e. The minimum absolute atomic E-state index is 0.0766. The van der Waals surface area contributed by atoms with Crippen LogP contribution in [-0.4, -0.2) is 30.2 Å². The number of hydrazine groups is 1. The van der Waals surface area contributed by atoms with Gasteiger partial charge in [-0.15, -0.1) is 0 Å². The maximum atomic E-state index is 10.6. The van der Waals surface area contributed by atoms with Gasteiger partial charge in [0.15, 0.2) is 0 Å². The van der Waals surface area contributed by atoms with Gasteiger partial charge in [0.2, 0.25) is 0 Å². The molecule has 1 heterocycles. The van der Waals surface area contributed by atoms with Crippen molar-refractivity contribution in [3.63, 3.8) is 0 Å². The Labute approximate surface area is 150 Å². The number of benzene rings is 2. The topological polar surface area (TPSA) is 107 Å². The molecule has 1 saturated heterocycles. The Balaban J connectivity index is 0.000000185. The highest BCUT2D eigenvalue weighted by Gasteiger charge is 2.30. The van der Waals surface area contributed by atoms with Gasteiger partial charge < -0.3 is 15.2 Å². The van der Waals surface area contributed by atoms with Crippen molar-refractivity contribution in [2.75, 3.05) is 17.4 Å². The van der Waals surface area contributed by atoms with E-state index in [1.807, 2.05) is 0 Å². The van der Waals surface area contributed by atoms with Crippen LogP contribution in [0.3, 0.4) is 0 Å². The van der Waals surface area contributed by atoms with Crippen LogP contribution in [-0.2, 0) is 0 Å². The van der Waals surface area contributed by atoms with Crippen molar-refractivity contribution in [3.8, 4) is 5.75 Å². The van der Waals surface area contributed by atoms with Gasteiger partial charge in [0, 0.05) is 10.7 Å². The lowest BCUT2D eigenvalue weighted by atomic mass is 10.3. The van der Waals surface area contributed by atoms with E-state index in [1.165, 1.54) is 5.01 Å². The standard InChI is InChI=1S/C10H14N2O2.C7H5ClN2O/c1-7(13)10(11)12-8-3-5-9(14-2)6-4-8;8-5-1-3-6(4-2-5)10-7(11)9-10/h3-7,13H,1-2H3,(H2,11,12);1-4H,(H,9,11). The van der Waals surface area contributed by atoms with E-state index in [2.05, 4.69) is 10.7 Å². The number of nitrogens with one attached hydrogen (secondary N) is 3. The van der Waals surface area contributed by atoms with Crippen molar-refractivity contribution in [3.05, 3.63) is 53.6 Å². The summed E-state index contributed by atoms with van der Waals surface area (Å²) in [6, 6.07) is 14.1. The van der Waals surface area contributed by atoms with Crippen LogP contribution in [0, 0.1) is 5.41 Å². The molecule has 1 fully saturated rings. The predicted octanol–water partition coefficient (Wildman–Crippen LogP) is 3.25. The number of carbonyl (C=O) groups excluding carboxylic acids is 1. The summed E-state index contributed by atoms with van der Waals surface area (Å²) in [4.78, 5) is 10.6. The van der Waals surface area contributed by atoms with Crippen LogP contribution in [0.1, 0.15) is 6.92 Å². The molecule has 1 aliphatic rings. The van der Waals surface area contributed by atoms with Gasteiger partial charge in [-0.3, -0.25) is 5.41 Å². The number of urea groups is 1. The van der Waals surface area contributed by atoms with Crippen LogP contribution in [0.15, 0.2) is 48.5 Å². The first kappa shape index (κ1) is 18.6. The van der Waals surface area contributed by atoms with Gasteiger partial charge in [-0.25, -0.2) is 10.2 Å². The van der Waals surface area contributed by atoms with Gasteiger partial charge in [-0.1, -0.05) is 11.6 Å². The summed E-state index contributed by atoms with van der Waals surface area (Å²) in [6.07, 6.45) is -0.780. The summed E-state index contributed by atoms with van der Waals surface area (Å²) in [5.74, 6) is 0.842. The first-order valence-electron chi connectivity index (χ1n) is 7.44. The molecule has 0 saturated carbocycles. The molecule has 0 radical (unpaired) electrons. The summed E-state index contributed by atoms with van der Waals surface area (Å²) in [5, 5.41) is 21.3. The lowest BCUT2D eigenvalue weighted by Gasteiger charge is -2.10. The molecular formula is C17H19ClN4O3. The Kier molecular flexibility index (Phi) is 6.21. The fourth-order valence-corrected chi connectivity index (χ4v) is 1.90. The van der Waals surface area contributed by atoms with E-state index in [1.54, 1.807) is 62.6 Å². The van der Waals surface area contributed by atoms with Crippen LogP contribution in [0.5, 0.6) is 5.75 Å². The van der Waals surface area contributed by atoms with Crippen LogP contribution < -0.4 is 20.5 Å². The normalized spacial score (nSPS) is 13.1. The Morgan fingerprint density at radius 2 is 1.80 bits per heavy atom. The molecule has 25 heavy (non-hydrogen) atoms. The minimum atomic E-state index is -0.780. The second-order valence-electron chi connectivity index (χ2n) is 5.17. The van der Waals surface area contributed by atoms with E-state index in [4.69, 9.17) is 26.9 Å². The van der Waals surface area contributed by atoms with Gasteiger partial charge in [-0.2, -0.15) is 5.01 Å². The maximum absolute atomic E-state index is 10.6. The first-order valence-corrected chi connectivity index (χ1v) is 7.82. The van der Waals surface area contributed by atoms with Gasteiger partial charge in [0.25, 0.3) is 0 Å². The highest BCUT2D eigenvalue weighted by atomic mass is 35.5. The van der Waals surface area contributed by atoms with Crippen molar-refractivity contribution in [2.45, 2.75) is 13.0 Å². The molecule has 2 aromatic rings. The quantitative estimate of drug-likeness (QED) is 0.380. The summed E-state index contributed by atoms with van der Waals surface area (Å²) < 4.78 is 4.99. The van der Waals surface area contributed by atoms with Gasteiger partial charge in [0.1, 0.15) is 17.7 Å². The third-order valence-corrected chi connectivity index (χ3v) is 3.48. The van der Waals surface area contributed by atoms with Crippen LogP contribution in [0.2, 0.25) is 5.02 Å². The average Bonchev–Trinajstić information content (AvgIpc) is 3.33. The fraction of sp³-hybridized carbons (Fsp3) is 0.176. The van der Waals surface area contributed by atoms with E-state index in [0.29, 0.717) is 5.02 Å². The summed E-state index contributed by atoms with van der Waals surface area (Å²) in [6.45, 7) is 1.54. The number of anilines is 2. The molecule has 3 rings (SSSR count). The molecule has 2 aromatic carbocycles. The number of amidine groups is 1. The molecule has 0 aromatic heterocycles. The van der Waals surface area contributed by atoms with Crippen molar-refractivity contribution < 1.29 is 14.6 Å². The van der Waals surface area contributed by atoms with E-state index >= 15 is 0 Å². The largest absolute Gasteiger partial charge is 0.497 e. The molecule has 8 heteroatoms. The zero-order valence-corrected chi connectivity index (χ0v) is 14.5. The van der Waals surface area contributed by atoms with E-state index < -0.39 is 6.10 Å². The second-order valence-corrected chi connectivity index (χ2v) is 5.61. The molecule has 7 nitrogen and oxygen atoms in total. The molecule has 0 aliphatic carbocycles. The lowest BCUT2D eigenvalue weighted by Crippen LogP contribution is -2.23. The number of amides is 2. The number of ether oxygens (including phenoxy) is 1. The number of halogens is 1. The molecule has 2 amide bonds. The van der Waals surface area contributed by atoms with Crippen molar-refractivity contribution in [1.82, 2.24) is 5.43 Å². The smallest absolute Gasteiger partial charge is 0.360 e. The van der Waals surface area contributed by atoms with Gasteiger partial charge in [-0.05, 0) is 55.5 Å². The number of methoxy groups -OCH3 is 1. The van der Waals surface area contributed by atoms with Crippen molar-refractivity contribution in [2.24, 2.45) is 0 Å². The Morgan fingerprint density at radius 3 is 2.24 bits per heavy atom. The van der Waals surface area contributed by atoms with E-state index in [0.717, 1.165) is 17.1 Å². The van der Waals surface area contributed by atoms with Crippen LogP contribution in [0.4, 0.5) is 16.2 Å². The summed E-state index contributed by atoms with van der Waals surface area (Å²) in [5.41, 5.74) is 4.10. The zero-order chi connectivity index (χ0) is 18.4. The fourth-order valence-electron chi connectivity index (χ4n) is 1.78. The Bertz CT molecular complexity index is 733. The third-order valence-electron chi connectivity index (χ3n) is 3.23. The SMILES string of the molecule is COc1ccc(NC(=N)C(C)O)cc1.O=C1NN1c1ccc(Cl)cc1. The zero-order valence-electron chi connectivity index (χ0n) is 13.8.